The summed E-state index contributed by atoms with van der Waals surface area (Å²) >= 11 is 0. The van der Waals surface area contributed by atoms with E-state index in [2.05, 4.69) is 89.2 Å². The first-order valence-corrected chi connectivity index (χ1v) is 9.23. The van der Waals surface area contributed by atoms with Crippen molar-refractivity contribution in [1.29, 1.82) is 0 Å². The molecule has 2 aliphatic rings. The lowest BCUT2D eigenvalue weighted by atomic mass is 9.80. The van der Waals surface area contributed by atoms with E-state index < -0.39 is 0 Å². The normalized spacial score (nSPS) is 20.4. The summed E-state index contributed by atoms with van der Waals surface area (Å²) in [6, 6.07) is 17.6. The maximum Gasteiger partial charge on any atom is 0.0137 e. The summed E-state index contributed by atoms with van der Waals surface area (Å²) in [6.07, 6.45) is 2.52. The van der Waals surface area contributed by atoms with Crippen molar-refractivity contribution in [2.45, 2.75) is 40.5 Å². The van der Waals surface area contributed by atoms with Crippen LogP contribution in [-0.2, 0) is 0 Å². The number of allylic oxidation sites excluding steroid dienone is 5. The van der Waals surface area contributed by atoms with Crippen molar-refractivity contribution in [3.8, 4) is 0 Å². The van der Waals surface area contributed by atoms with Crippen molar-refractivity contribution < 1.29 is 0 Å². The van der Waals surface area contributed by atoms with E-state index in [1.807, 2.05) is 0 Å². The maximum atomic E-state index is 2.52. The monoisotopic (exact) mass is 326 g/mol. The Kier molecular flexibility index (Phi) is 3.80. The standard InChI is InChI=1S/C25H26/c1-15-10-9-13-21-23(25-18(4)16(2)17(3)19(25)5)14-22(24(15)21)20-11-7-6-8-12-20/h6-14,23,25H,1-5H3. The molecule has 2 aromatic carbocycles. The topological polar surface area (TPSA) is 0 Å². The molecule has 2 aromatic rings. The highest BCUT2D eigenvalue weighted by atomic mass is 14.4. The van der Waals surface area contributed by atoms with Crippen LogP contribution < -0.4 is 0 Å². The maximum absolute atomic E-state index is 2.52. The molecule has 2 aliphatic carbocycles. The third-order valence-corrected chi connectivity index (χ3v) is 6.40. The number of benzene rings is 2. The zero-order valence-corrected chi connectivity index (χ0v) is 15.9. The predicted molar refractivity (Wildman–Crippen MR) is 108 cm³/mol. The van der Waals surface area contributed by atoms with Crippen molar-refractivity contribution in [2.75, 3.05) is 0 Å². The number of aryl methyl sites for hydroxylation is 1. The Morgan fingerprint density at radius 3 is 1.96 bits per heavy atom. The zero-order valence-electron chi connectivity index (χ0n) is 15.9. The van der Waals surface area contributed by atoms with Crippen molar-refractivity contribution in [3.05, 3.63) is 99.2 Å². The lowest BCUT2D eigenvalue weighted by Crippen LogP contribution is -2.11. The van der Waals surface area contributed by atoms with Crippen molar-refractivity contribution in [3.63, 3.8) is 0 Å². The van der Waals surface area contributed by atoms with Crippen LogP contribution in [0.15, 0.2) is 76.9 Å². The van der Waals surface area contributed by atoms with E-state index in [1.54, 1.807) is 0 Å². The van der Waals surface area contributed by atoms with Crippen molar-refractivity contribution >= 4 is 5.57 Å². The molecule has 0 heterocycles. The molecule has 0 aliphatic heterocycles. The van der Waals surface area contributed by atoms with E-state index in [9.17, 15) is 0 Å². The van der Waals surface area contributed by atoms with Gasteiger partial charge in [0.05, 0.1) is 0 Å². The molecular weight excluding hydrogens is 300 g/mol. The summed E-state index contributed by atoms with van der Waals surface area (Å²) < 4.78 is 0. The Bertz CT molecular complexity index is 911. The molecular formula is C25H26. The second-order valence-electron chi connectivity index (χ2n) is 7.60. The van der Waals surface area contributed by atoms with Crippen molar-refractivity contribution in [1.82, 2.24) is 0 Å². The van der Waals surface area contributed by atoms with Crippen molar-refractivity contribution in [2.24, 2.45) is 5.92 Å². The van der Waals surface area contributed by atoms with Gasteiger partial charge >= 0.3 is 0 Å². The van der Waals surface area contributed by atoms with Crippen LogP contribution in [-0.4, -0.2) is 0 Å². The van der Waals surface area contributed by atoms with Crippen LogP contribution in [0.25, 0.3) is 5.57 Å². The highest BCUT2D eigenvalue weighted by Crippen LogP contribution is 2.51. The minimum Gasteiger partial charge on any atom is -0.0676 e. The van der Waals surface area contributed by atoms with Crippen LogP contribution in [0.1, 0.15) is 55.9 Å². The Hall–Kier alpha value is -2.34. The zero-order chi connectivity index (χ0) is 17.7. The highest BCUT2D eigenvalue weighted by Gasteiger charge is 2.36. The van der Waals surface area contributed by atoms with Gasteiger partial charge in [-0.2, -0.15) is 0 Å². The van der Waals surface area contributed by atoms with E-state index in [4.69, 9.17) is 0 Å². The minimum absolute atomic E-state index is 0.442. The quantitative estimate of drug-likeness (QED) is 0.567. The van der Waals surface area contributed by atoms with Gasteiger partial charge in [0.2, 0.25) is 0 Å². The van der Waals surface area contributed by atoms with Crippen LogP contribution in [0.3, 0.4) is 0 Å². The second kappa shape index (κ2) is 5.88. The van der Waals surface area contributed by atoms with Gasteiger partial charge in [0.15, 0.2) is 0 Å². The van der Waals surface area contributed by atoms with E-state index in [0.717, 1.165) is 0 Å². The fourth-order valence-corrected chi connectivity index (χ4v) is 4.74. The van der Waals surface area contributed by atoms with Gasteiger partial charge in [-0.1, -0.05) is 65.8 Å². The molecule has 25 heavy (non-hydrogen) atoms. The van der Waals surface area contributed by atoms with Crippen LogP contribution in [0, 0.1) is 12.8 Å². The molecule has 0 heteroatoms. The summed E-state index contributed by atoms with van der Waals surface area (Å²) in [4.78, 5) is 0. The molecule has 0 nitrogen and oxygen atoms in total. The Morgan fingerprint density at radius 1 is 0.680 bits per heavy atom. The first-order chi connectivity index (χ1) is 12.0. The van der Waals surface area contributed by atoms with Gasteiger partial charge in [-0.05, 0) is 73.6 Å². The SMILES string of the molecule is CC1=C(C)C(C2C=C(c3ccccc3)c3c(C)cccc32)C(C)=C1C. The van der Waals surface area contributed by atoms with Gasteiger partial charge in [-0.25, -0.2) is 0 Å². The summed E-state index contributed by atoms with van der Waals surface area (Å²) in [6.45, 7) is 11.5. The van der Waals surface area contributed by atoms with Gasteiger partial charge in [0.25, 0.3) is 0 Å². The summed E-state index contributed by atoms with van der Waals surface area (Å²) in [5.74, 6) is 0.944. The Labute approximate surface area is 151 Å². The lowest BCUT2D eigenvalue weighted by Gasteiger charge is -2.23. The molecule has 1 atom stereocenters. The van der Waals surface area contributed by atoms with E-state index in [1.165, 1.54) is 50.1 Å². The molecule has 0 saturated carbocycles. The summed E-state index contributed by atoms with van der Waals surface area (Å²) in [5.41, 5.74) is 13.1. The fraction of sp³-hybridized carbons (Fsp3) is 0.280. The van der Waals surface area contributed by atoms with Crippen LogP contribution in [0.4, 0.5) is 0 Å². The van der Waals surface area contributed by atoms with E-state index in [0.29, 0.717) is 11.8 Å². The third-order valence-electron chi connectivity index (χ3n) is 6.40. The highest BCUT2D eigenvalue weighted by molar-refractivity contribution is 5.87. The number of rotatable bonds is 2. The first-order valence-electron chi connectivity index (χ1n) is 9.23. The molecule has 0 amide bonds. The fourth-order valence-electron chi connectivity index (χ4n) is 4.74. The molecule has 0 bridgehead atoms. The number of hydrogen-bond acceptors (Lipinski definition) is 0. The predicted octanol–water partition coefficient (Wildman–Crippen LogP) is 6.83. The van der Waals surface area contributed by atoms with Crippen LogP contribution >= 0.6 is 0 Å². The number of hydrogen-bond donors (Lipinski definition) is 0. The first kappa shape index (κ1) is 16.1. The van der Waals surface area contributed by atoms with Crippen LogP contribution in [0.5, 0.6) is 0 Å². The van der Waals surface area contributed by atoms with Gasteiger partial charge in [-0.15, -0.1) is 0 Å². The molecule has 126 valence electrons. The van der Waals surface area contributed by atoms with Gasteiger partial charge < -0.3 is 0 Å². The summed E-state index contributed by atoms with van der Waals surface area (Å²) in [7, 11) is 0. The average Bonchev–Trinajstić information content (AvgIpc) is 3.09. The average molecular weight is 326 g/mol. The van der Waals surface area contributed by atoms with E-state index >= 15 is 0 Å². The number of fused-ring (bicyclic) bond motifs is 1. The van der Waals surface area contributed by atoms with Gasteiger partial charge in [-0.3, -0.25) is 0 Å². The van der Waals surface area contributed by atoms with Gasteiger partial charge in [0.1, 0.15) is 0 Å². The Morgan fingerprint density at radius 2 is 1.32 bits per heavy atom. The third kappa shape index (κ3) is 2.35. The molecule has 0 radical (unpaired) electrons. The largest absolute Gasteiger partial charge is 0.0676 e. The molecule has 1 unspecified atom stereocenters. The second-order valence-corrected chi connectivity index (χ2v) is 7.60. The minimum atomic E-state index is 0.442. The Balaban J connectivity index is 1.92. The molecule has 0 spiro atoms. The molecule has 0 N–H and O–H groups in total. The molecule has 0 aromatic heterocycles. The molecule has 0 fully saturated rings. The van der Waals surface area contributed by atoms with Gasteiger partial charge in [0, 0.05) is 11.8 Å². The lowest BCUT2D eigenvalue weighted by molar-refractivity contribution is 0.647. The molecule has 0 saturated heterocycles. The van der Waals surface area contributed by atoms with E-state index in [-0.39, 0.29) is 0 Å². The summed E-state index contributed by atoms with van der Waals surface area (Å²) in [5, 5.41) is 0. The van der Waals surface area contributed by atoms with Crippen LogP contribution in [0.2, 0.25) is 0 Å². The smallest absolute Gasteiger partial charge is 0.0137 e. The molecule has 4 rings (SSSR count).